The fraction of sp³-hybridized carbons (Fsp3) is 0.154. The first-order valence-electron chi connectivity index (χ1n) is 9.53. The van der Waals surface area contributed by atoms with Crippen LogP contribution in [0.2, 0.25) is 0 Å². The van der Waals surface area contributed by atoms with Crippen molar-refractivity contribution in [2.45, 2.75) is 27.7 Å². The summed E-state index contributed by atoms with van der Waals surface area (Å²) in [5, 5.41) is 0. The van der Waals surface area contributed by atoms with Gasteiger partial charge in [0.05, 0.1) is 11.4 Å². The molecule has 0 bridgehead atoms. The maximum absolute atomic E-state index is 4.41. The van der Waals surface area contributed by atoms with Crippen molar-refractivity contribution in [3.63, 3.8) is 0 Å². The second-order valence-electron chi connectivity index (χ2n) is 6.93. The Morgan fingerprint density at radius 3 is 1.17 bits per heavy atom. The molecule has 0 aliphatic carbocycles. The van der Waals surface area contributed by atoms with Gasteiger partial charge in [-0.3, -0.25) is 9.97 Å². The van der Waals surface area contributed by atoms with Crippen LogP contribution in [-0.4, -0.2) is 9.97 Å². The van der Waals surface area contributed by atoms with Crippen LogP contribution in [0.15, 0.2) is 85.2 Å². The van der Waals surface area contributed by atoms with Gasteiger partial charge in [-0.25, -0.2) is 0 Å². The molecule has 0 fully saturated rings. The predicted octanol–water partition coefficient (Wildman–Crippen LogP) is 6.73. The molecule has 2 aromatic heterocycles. The Labute approximate surface area is 187 Å². The van der Waals surface area contributed by atoms with Crippen LogP contribution in [0.5, 0.6) is 0 Å². The van der Waals surface area contributed by atoms with Crippen molar-refractivity contribution >= 4 is 0 Å². The van der Waals surface area contributed by atoms with Gasteiger partial charge in [-0.2, -0.15) is 0 Å². The summed E-state index contributed by atoms with van der Waals surface area (Å²) >= 11 is 0. The molecule has 4 rings (SSSR count). The Kier molecular flexibility index (Phi) is 8.45. The third-order valence-electron chi connectivity index (χ3n) is 5.04. The summed E-state index contributed by atoms with van der Waals surface area (Å²) in [5.41, 5.74) is 9.66. The van der Waals surface area contributed by atoms with E-state index in [2.05, 4.69) is 61.9 Å². The average molecular weight is 559 g/mol. The molecule has 0 saturated carbocycles. The second-order valence-corrected chi connectivity index (χ2v) is 6.93. The molecule has 4 aromatic rings. The van der Waals surface area contributed by atoms with Crippen LogP contribution in [0.25, 0.3) is 22.5 Å². The summed E-state index contributed by atoms with van der Waals surface area (Å²) in [6.07, 6.45) is 3.73. The first-order chi connectivity index (χ1) is 13.6. The van der Waals surface area contributed by atoms with Crippen molar-refractivity contribution in [1.29, 1.82) is 0 Å². The van der Waals surface area contributed by atoms with Gasteiger partial charge in [0.2, 0.25) is 0 Å². The smallest absolute Gasteiger partial charge is 0.256 e. The summed E-state index contributed by atoms with van der Waals surface area (Å²) in [5.74, 6) is 0. The van der Waals surface area contributed by atoms with E-state index in [0.717, 1.165) is 11.4 Å². The molecule has 0 unspecified atom stereocenters. The minimum atomic E-state index is 0. The number of pyridine rings is 2. The van der Waals surface area contributed by atoms with Crippen LogP contribution in [0.4, 0.5) is 0 Å². The molecule has 0 aliphatic rings. The quantitative estimate of drug-likeness (QED) is 0.273. The number of aryl methyl sites for hydroxylation is 2. The second kappa shape index (κ2) is 10.8. The molecular weight excluding hydrogens is 533 g/mol. The molecule has 146 valence electrons. The Balaban J connectivity index is 0.000000200. The van der Waals surface area contributed by atoms with Crippen molar-refractivity contribution in [3.05, 3.63) is 107 Å². The van der Waals surface area contributed by atoms with Crippen molar-refractivity contribution in [2.24, 2.45) is 0 Å². The molecule has 2 heterocycles. The van der Waals surface area contributed by atoms with Crippen LogP contribution in [0.1, 0.15) is 22.3 Å². The number of benzene rings is 2. The summed E-state index contributed by atoms with van der Waals surface area (Å²) in [4.78, 5) is 8.82. The topological polar surface area (TPSA) is 25.8 Å². The van der Waals surface area contributed by atoms with Gasteiger partial charge in [0.1, 0.15) is 0 Å². The van der Waals surface area contributed by atoms with Gasteiger partial charge >= 0.3 is 20.1 Å². The normalized spacial score (nSPS) is 9.79. The number of hydrogen-bond donors (Lipinski definition) is 0. The van der Waals surface area contributed by atoms with Crippen LogP contribution in [-0.2, 0) is 20.1 Å². The van der Waals surface area contributed by atoms with E-state index >= 15 is 0 Å². The maximum atomic E-state index is 4.41. The Bertz CT molecular complexity index is 958. The van der Waals surface area contributed by atoms with Crippen LogP contribution in [0, 0.1) is 27.7 Å². The van der Waals surface area contributed by atoms with E-state index in [1.165, 1.54) is 33.4 Å². The third kappa shape index (κ3) is 5.69. The molecule has 0 aliphatic heterocycles. The number of nitrogens with zero attached hydrogens (tertiary/aromatic N) is 2. The van der Waals surface area contributed by atoms with E-state index in [1.807, 2.05) is 60.9 Å². The molecule has 0 radical (unpaired) electrons. The fourth-order valence-corrected chi connectivity index (χ4v) is 3.04. The molecule has 0 amide bonds. The van der Waals surface area contributed by atoms with E-state index in [1.54, 1.807) is 0 Å². The molecular formula is C26H26IrN2+3. The summed E-state index contributed by atoms with van der Waals surface area (Å²) < 4.78 is 0. The molecule has 29 heavy (non-hydrogen) atoms. The Hall–Kier alpha value is -2.61. The zero-order chi connectivity index (χ0) is 19.9. The summed E-state index contributed by atoms with van der Waals surface area (Å²) in [7, 11) is 0. The van der Waals surface area contributed by atoms with Crippen molar-refractivity contribution in [2.75, 3.05) is 0 Å². The van der Waals surface area contributed by atoms with Gasteiger partial charge in [-0.15, -0.1) is 0 Å². The van der Waals surface area contributed by atoms with Crippen LogP contribution >= 0.6 is 0 Å². The largest absolute Gasteiger partial charge is 3.00 e. The van der Waals surface area contributed by atoms with Gasteiger partial charge in [-0.05, 0) is 62.1 Å². The van der Waals surface area contributed by atoms with Crippen LogP contribution in [0.3, 0.4) is 0 Å². The van der Waals surface area contributed by atoms with Crippen molar-refractivity contribution in [3.8, 4) is 22.5 Å². The summed E-state index contributed by atoms with van der Waals surface area (Å²) in [6.45, 7) is 8.46. The van der Waals surface area contributed by atoms with E-state index in [0.29, 0.717) is 0 Å². The minimum absolute atomic E-state index is 0. The van der Waals surface area contributed by atoms with Gasteiger partial charge in [0.25, 0.3) is 0 Å². The van der Waals surface area contributed by atoms with Crippen molar-refractivity contribution in [1.82, 2.24) is 9.97 Å². The minimum Gasteiger partial charge on any atom is -0.256 e. The van der Waals surface area contributed by atoms with Gasteiger partial charge in [0.15, 0.2) is 0 Å². The standard InChI is InChI=1S/2C13H13N.Ir/c2*1-10-8-9-14-13(11(10)2)12-6-4-3-5-7-12;/h2*3-9H,1-2H3;/q;;+3. The monoisotopic (exact) mass is 559 g/mol. The molecule has 2 aromatic carbocycles. The molecule has 0 atom stereocenters. The van der Waals surface area contributed by atoms with E-state index in [9.17, 15) is 0 Å². The number of hydrogen-bond acceptors (Lipinski definition) is 2. The van der Waals surface area contributed by atoms with E-state index in [-0.39, 0.29) is 20.1 Å². The Morgan fingerprint density at radius 2 is 0.828 bits per heavy atom. The first kappa shape index (κ1) is 22.7. The van der Waals surface area contributed by atoms with Gasteiger partial charge in [-0.1, -0.05) is 60.7 Å². The number of aromatic nitrogens is 2. The zero-order valence-corrected chi connectivity index (χ0v) is 19.7. The maximum Gasteiger partial charge on any atom is 3.00 e. The molecule has 0 N–H and O–H groups in total. The Morgan fingerprint density at radius 1 is 0.483 bits per heavy atom. The SMILES string of the molecule is Cc1ccnc(-c2ccccc2)c1C.Cc1ccnc(-c2ccccc2)c1C.[Ir+3]. The van der Waals surface area contributed by atoms with Gasteiger partial charge in [0, 0.05) is 23.5 Å². The number of rotatable bonds is 2. The fourth-order valence-electron chi connectivity index (χ4n) is 3.04. The van der Waals surface area contributed by atoms with E-state index in [4.69, 9.17) is 0 Å². The third-order valence-corrected chi connectivity index (χ3v) is 5.04. The molecule has 2 nitrogen and oxygen atoms in total. The van der Waals surface area contributed by atoms with E-state index < -0.39 is 0 Å². The summed E-state index contributed by atoms with van der Waals surface area (Å²) in [6, 6.07) is 24.7. The van der Waals surface area contributed by atoms with Crippen LogP contribution < -0.4 is 0 Å². The van der Waals surface area contributed by atoms with Gasteiger partial charge < -0.3 is 0 Å². The average Bonchev–Trinajstić information content (AvgIpc) is 2.74. The molecule has 0 spiro atoms. The zero-order valence-electron chi connectivity index (χ0n) is 17.3. The molecule has 3 heteroatoms. The molecule has 0 saturated heterocycles. The first-order valence-corrected chi connectivity index (χ1v) is 9.53. The predicted molar refractivity (Wildman–Crippen MR) is 118 cm³/mol. The van der Waals surface area contributed by atoms with Crippen molar-refractivity contribution < 1.29 is 20.1 Å².